The average molecular weight is 277 g/mol. The van der Waals surface area contributed by atoms with E-state index >= 15 is 0 Å². The molecule has 1 rings (SSSR count). The lowest BCUT2D eigenvalue weighted by atomic mass is 10.1. The first kappa shape index (κ1) is 15.9. The van der Waals surface area contributed by atoms with Crippen LogP contribution in [0.5, 0.6) is 0 Å². The first-order chi connectivity index (χ1) is 9.54. The molecule has 0 aromatic heterocycles. The number of carbonyl (C=O) groups is 2. The van der Waals surface area contributed by atoms with Gasteiger partial charge in [-0.1, -0.05) is 18.2 Å². The summed E-state index contributed by atoms with van der Waals surface area (Å²) in [5.74, 6) is -1.17. The van der Waals surface area contributed by atoms with Gasteiger partial charge in [-0.3, -0.25) is 4.79 Å². The summed E-state index contributed by atoms with van der Waals surface area (Å²) in [6, 6.07) is 6.36. The number of rotatable bonds is 8. The third kappa shape index (κ3) is 5.24. The van der Waals surface area contributed by atoms with E-state index in [1.165, 1.54) is 12.1 Å². The number of nitrogens with one attached hydrogen (secondary N) is 1. The number of aromatic carboxylic acids is 1. The molecule has 1 aromatic rings. The van der Waals surface area contributed by atoms with E-state index in [9.17, 15) is 9.59 Å². The molecule has 1 amide bonds. The van der Waals surface area contributed by atoms with Crippen molar-refractivity contribution in [2.24, 2.45) is 0 Å². The van der Waals surface area contributed by atoms with Gasteiger partial charge in [-0.2, -0.15) is 0 Å². The van der Waals surface area contributed by atoms with Crippen molar-refractivity contribution in [2.45, 2.75) is 26.0 Å². The van der Waals surface area contributed by atoms with E-state index in [1.54, 1.807) is 25.1 Å². The lowest BCUT2D eigenvalue weighted by Crippen LogP contribution is -2.34. The summed E-state index contributed by atoms with van der Waals surface area (Å²) in [5, 5.41) is 11.5. The second-order valence-corrected chi connectivity index (χ2v) is 4.31. The molecule has 0 aliphatic carbocycles. The van der Waals surface area contributed by atoms with E-state index in [0.29, 0.717) is 19.6 Å². The maximum atomic E-state index is 11.7. The van der Waals surface area contributed by atoms with E-state index in [0.717, 1.165) is 5.56 Å². The summed E-state index contributed by atoms with van der Waals surface area (Å²) in [5.41, 5.74) is 1.06. The molecule has 0 spiro atoms. The van der Waals surface area contributed by atoms with Gasteiger partial charge in [0.05, 0.1) is 12.2 Å². The topological polar surface area (TPSA) is 75.6 Å². The van der Waals surface area contributed by atoms with Crippen molar-refractivity contribution in [1.29, 1.82) is 0 Å². The monoisotopic (exact) mass is 277 g/mol. The smallest absolute Gasteiger partial charge is 0.335 e. The Hall–Kier alpha value is -2.14. The van der Waals surface area contributed by atoms with Crippen LogP contribution in [-0.4, -0.2) is 29.7 Å². The molecule has 0 saturated carbocycles. The minimum atomic E-state index is -0.968. The maximum Gasteiger partial charge on any atom is 0.335 e. The molecule has 0 aliphatic heterocycles. The Morgan fingerprint density at radius 1 is 1.40 bits per heavy atom. The zero-order chi connectivity index (χ0) is 15.0. The molecule has 5 heteroatoms. The largest absolute Gasteiger partial charge is 0.478 e. The molecular formula is C15H19NO4. The molecule has 0 bridgehead atoms. The Morgan fingerprint density at radius 2 is 2.05 bits per heavy atom. The van der Waals surface area contributed by atoms with Crippen LogP contribution >= 0.6 is 0 Å². The standard InChI is InChI=1S/C15H19NO4/c1-3-4-9-20-11(2)14(17)16-10-12-5-7-13(8-6-12)15(18)19/h3,5-8,11H,1,4,9-10H2,2H3,(H,16,17)(H,18,19). The van der Waals surface area contributed by atoms with Gasteiger partial charge in [-0.15, -0.1) is 6.58 Å². The van der Waals surface area contributed by atoms with Crippen molar-refractivity contribution in [1.82, 2.24) is 5.32 Å². The number of ether oxygens (including phenoxy) is 1. The van der Waals surface area contributed by atoms with Crippen molar-refractivity contribution in [3.8, 4) is 0 Å². The van der Waals surface area contributed by atoms with Gasteiger partial charge in [-0.05, 0) is 31.0 Å². The van der Waals surface area contributed by atoms with Gasteiger partial charge < -0.3 is 15.2 Å². The summed E-state index contributed by atoms with van der Waals surface area (Å²) in [6.07, 6.45) is 1.91. The predicted octanol–water partition coefficient (Wildman–Crippen LogP) is 1.98. The van der Waals surface area contributed by atoms with Crippen LogP contribution in [0.4, 0.5) is 0 Å². The number of carbonyl (C=O) groups excluding carboxylic acids is 1. The molecule has 0 aliphatic rings. The summed E-state index contributed by atoms with van der Waals surface area (Å²) in [6.45, 7) is 6.07. The van der Waals surface area contributed by atoms with Crippen LogP contribution in [0.15, 0.2) is 36.9 Å². The van der Waals surface area contributed by atoms with Crippen LogP contribution in [0, 0.1) is 0 Å². The van der Waals surface area contributed by atoms with Crippen LogP contribution in [0.1, 0.15) is 29.3 Å². The predicted molar refractivity (Wildman–Crippen MR) is 75.5 cm³/mol. The van der Waals surface area contributed by atoms with Crippen molar-refractivity contribution in [2.75, 3.05) is 6.61 Å². The van der Waals surface area contributed by atoms with Gasteiger partial charge in [0.15, 0.2) is 0 Å². The highest BCUT2D eigenvalue weighted by molar-refractivity contribution is 5.87. The van der Waals surface area contributed by atoms with Gasteiger partial charge in [0, 0.05) is 6.54 Å². The fourth-order valence-electron chi connectivity index (χ4n) is 1.50. The number of carboxylic acids is 1. The van der Waals surface area contributed by atoms with Crippen molar-refractivity contribution in [3.05, 3.63) is 48.0 Å². The van der Waals surface area contributed by atoms with Crippen LogP contribution in [0.2, 0.25) is 0 Å². The SMILES string of the molecule is C=CCCOC(C)C(=O)NCc1ccc(C(=O)O)cc1. The summed E-state index contributed by atoms with van der Waals surface area (Å²) in [7, 11) is 0. The molecule has 2 N–H and O–H groups in total. The highest BCUT2D eigenvalue weighted by Crippen LogP contribution is 2.04. The third-order valence-corrected chi connectivity index (χ3v) is 2.73. The summed E-state index contributed by atoms with van der Waals surface area (Å²) in [4.78, 5) is 22.4. The fraction of sp³-hybridized carbons (Fsp3) is 0.333. The Morgan fingerprint density at radius 3 is 2.60 bits per heavy atom. The number of amides is 1. The molecule has 1 aromatic carbocycles. The van der Waals surface area contributed by atoms with E-state index in [4.69, 9.17) is 9.84 Å². The molecule has 0 fully saturated rings. The van der Waals surface area contributed by atoms with Crippen molar-refractivity contribution in [3.63, 3.8) is 0 Å². The van der Waals surface area contributed by atoms with Gasteiger partial charge in [0.2, 0.25) is 5.91 Å². The number of benzene rings is 1. The van der Waals surface area contributed by atoms with Crippen molar-refractivity contribution < 1.29 is 19.4 Å². The molecule has 1 atom stereocenters. The average Bonchev–Trinajstić information content (AvgIpc) is 2.45. The molecular weight excluding hydrogens is 258 g/mol. The van der Waals surface area contributed by atoms with Crippen LogP contribution < -0.4 is 5.32 Å². The number of hydrogen-bond donors (Lipinski definition) is 2. The highest BCUT2D eigenvalue weighted by atomic mass is 16.5. The van der Waals surface area contributed by atoms with Gasteiger partial charge >= 0.3 is 5.97 Å². The zero-order valence-corrected chi connectivity index (χ0v) is 11.5. The van der Waals surface area contributed by atoms with Gasteiger partial charge in [-0.25, -0.2) is 4.79 Å². The molecule has 0 radical (unpaired) electrons. The summed E-state index contributed by atoms with van der Waals surface area (Å²) >= 11 is 0. The Labute approximate surface area is 118 Å². The van der Waals surface area contributed by atoms with E-state index in [1.807, 2.05) is 0 Å². The molecule has 0 saturated heterocycles. The third-order valence-electron chi connectivity index (χ3n) is 2.73. The summed E-state index contributed by atoms with van der Waals surface area (Å²) < 4.78 is 5.32. The van der Waals surface area contributed by atoms with Crippen LogP contribution in [0.25, 0.3) is 0 Å². The molecule has 0 heterocycles. The zero-order valence-electron chi connectivity index (χ0n) is 11.5. The molecule has 20 heavy (non-hydrogen) atoms. The second-order valence-electron chi connectivity index (χ2n) is 4.31. The van der Waals surface area contributed by atoms with Crippen LogP contribution in [0.3, 0.4) is 0 Å². The Balaban J connectivity index is 2.40. The first-order valence-corrected chi connectivity index (χ1v) is 6.37. The van der Waals surface area contributed by atoms with Crippen LogP contribution in [-0.2, 0) is 16.1 Å². The molecule has 5 nitrogen and oxygen atoms in total. The Kier molecular flexibility index (Phi) is 6.46. The highest BCUT2D eigenvalue weighted by Gasteiger charge is 2.12. The number of hydrogen-bond acceptors (Lipinski definition) is 3. The van der Waals surface area contributed by atoms with E-state index in [2.05, 4.69) is 11.9 Å². The minimum Gasteiger partial charge on any atom is -0.478 e. The normalized spacial score (nSPS) is 11.7. The van der Waals surface area contributed by atoms with Gasteiger partial charge in [0.25, 0.3) is 0 Å². The fourth-order valence-corrected chi connectivity index (χ4v) is 1.50. The molecule has 1 unspecified atom stereocenters. The van der Waals surface area contributed by atoms with E-state index < -0.39 is 12.1 Å². The maximum absolute atomic E-state index is 11.7. The minimum absolute atomic E-state index is 0.198. The first-order valence-electron chi connectivity index (χ1n) is 6.37. The Bertz CT molecular complexity index is 467. The quantitative estimate of drug-likeness (QED) is 0.563. The number of carboxylic acid groups (broad SMARTS) is 1. The van der Waals surface area contributed by atoms with Crippen molar-refractivity contribution >= 4 is 11.9 Å². The van der Waals surface area contributed by atoms with Gasteiger partial charge in [0.1, 0.15) is 6.10 Å². The second kappa shape index (κ2) is 8.12. The van der Waals surface area contributed by atoms with E-state index in [-0.39, 0.29) is 11.5 Å². The lowest BCUT2D eigenvalue weighted by Gasteiger charge is -2.12. The lowest BCUT2D eigenvalue weighted by molar-refractivity contribution is -0.131. The molecule has 108 valence electrons.